The van der Waals surface area contributed by atoms with Gasteiger partial charge in [0.15, 0.2) is 0 Å². The molecular weight excluding hydrogens is 581 g/mol. The van der Waals surface area contributed by atoms with E-state index in [0.717, 1.165) is 30.8 Å². The zero-order valence-corrected chi connectivity index (χ0v) is 27.3. The number of para-hydroxylation sites is 2. The highest BCUT2D eigenvalue weighted by Crippen LogP contribution is 2.45. The molecule has 0 saturated carbocycles. The third kappa shape index (κ3) is 4.07. The minimum Gasteiger partial charge on any atom is -0.458 e. The average Bonchev–Trinajstić information content (AvgIpc) is 3.47. The Labute approximate surface area is 282 Å². The maximum Gasteiger partial charge on any atom is 0.256 e. The van der Waals surface area contributed by atoms with E-state index in [-0.39, 0.29) is 6.71 Å². The summed E-state index contributed by atoms with van der Waals surface area (Å²) in [6.45, 7) is 4.40. The van der Waals surface area contributed by atoms with Crippen molar-refractivity contribution < 1.29 is 4.74 Å². The maximum absolute atomic E-state index is 6.99. The number of rotatable bonds is 4. The first kappa shape index (κ1) is 27.6. The van der Waals surface area contributed by atoms with Crippen LogP contribution in [0.15, 0.2) is 127 Å². The molecule has 3 heterocycles. The number of fused-ring (bicyclic) bond motifs is 5. The van der Waals surface area contributed by atoms with Gasteiger partial charge in [0.2, 0.25) is 0 Å². The smallest absolute Gasteiger partial charge is 0.256 e. The molecule has 0 spiro atoms. The van der Waals surface area contributed by atoms with Crippen LogP contribution in [-0.2, 0) is 12.8 Å². The van der Waals surface area contributed by atoms with Gasteiger partial charge in [-0.25, -0.2) is 0 Å². The Morgan fingerprint density at radius 2 is 1.48 bits per heavy atom. The van der Waals surface area contributed by atoms with E-state index in [9.17, 15) is 0 Å². The summed E-state index contributed by atoms with van der Waals surface area (Å²) >= 11 is 0. The number of nitrogens with zero attached hydrogens (tertiary/aromatic N) is 1. The van der Waals surface area contributed by atoms with Crippen molar-refractivity contribution in [3.05, 3.63) is 161 Å². The molecule has 3 heteroatoms. The van der Waals surface area contributed by atoms with Gasteiger partial charge in [-0.1, -0.05) is 132 Å². The fourth-order valence-corrected chi connectivity index (χ4v) is 8.44. The molecule has 0 bridgehead atoms. The van der Waals surface area contributed by atoms with Crippen LogP contribution in [0.2, 0.25) is 0 Å². The molecule has 6 aromatic carbocycles. The summed E-state index contributed by atoms with van der Waals surface area (Å²) in [6.07, 6.45) is 7.62. The molecule has 228 valence electrons. The van der Waals surface area contributed by atoms with Crippen molar-refractivity contribution in [3.63, 3.8) is 0 Å². The molecule has 0 fully saturated rings. The van der Waals surface area contributed by atoms with Crippen molar-refractivity contribution >= 4 is 40.1 Å². The summed E-state index contributed by atoms with van der Waals surface area (Å²) in [7, 11) is 0. The molecule has 0 atom stereocenters. The van der Waals surface area contributed by atoms with Crippen LogP contribution in [0.25, 0.3) is 45.1 Å². The van der Waals surface area contributed by atoms with Gasteiger partial charge in [0.1, 0.15) is 11.5 Å². The number of hydrogen-bond acceptors (Lipinski definition) is 1. The van der Waals surface area contributed by atoms with Gasteiger partial charge in [-0.15, -0.1) is 0 Å². The standard InChI is InChI=1S/C45H34BNO/c1-28-16-21-32(22-17-28)41-36-11-6-12-37-44(36)47(43(41)33-23-18-29(2)19-24-33)39-14-7-15-40-42(39)46(37)38-13-5-10-35(45(38)48-40)27-30-20-25-31-8-3-4-9-34(31)26-30/h3,5-8,10-26H,4,9,27H2,1-2H3. The SMILES string of the molecule is Cc1ccc(-c2c(-c3ccc(C)cc3)n3c4c(cccc24)B2c4cccc(Cc5ccc6c(c5)CCC=C6)c4Oc4cccc-3c42)cc1. The van der Waals surface area contributed by atoms with E-state index in [1.54, 1.807) is 0 Å². The third-order valence-electron chi connectivity index (χ3n) is 10.7. The molecule has 0 radical (unpaired) electrons. The van der Waals surface area contributed by atoms with E-state index in [1.807, 2.05) is 0 Å². The Bertz CT molecular complexity index is 2460. The van der Waals surface area contributed by atoms with E-state index < -0.39 is 0 Å². The molecule has 3 aliphatic rings. The Morgan fingerprint density at radius 3 is 2.31 bits per heavy atom. The van der Waals surface area contributed by atoms with Crippen LogP contribution in [0.3, 0.4) is 0 Å². The second-order valence-corrected chi connectivity index (χ2v) is 13.7. The predicted molar refractivity (Wildman–Crippen MR) is 201 cm³/mol. The topological polar surface area (TPSA) is 14.2 Å². The monoisotopic (exact) mass is 615 g/mol. The van der Waals surface area contributed by atoms with Crippen molar-refractivity contribution in [2.24, 2.45) is 0 Å². The normalized spacial score (nSPS) is 13.6. The van der Waals surface area contributed by atoms with Crippen LogP contribution in [-0.4, -0.2) is 11.3 Å². The van der Waals surface area contributed by atoms with Gasteiger partial charge in [-0.2, -0.15) is 0 Å². The summed E-state index contributed by atoms with van der Waals surface area (Å²) in [6, 6.07) is 45.3. The van der Waals surface area contributed by atoms with E-state index in [1.165, 1.54) is 88.7 Å². The van der Waals surface area contributed by atoms with Gasteiger partial charge in [-0.3, -0.25) is 0 Å². The van der Waals surface area contributed by atoms with Crippen molar-refractivity contribution in [3.8, 4) is 39.6 Å². The van der Waals surface area contributed by atoms with E-state index in [0.29, 0.717) is 0 Å². The zero-order valence-electron chi connectivity index (χ0n) is 27.3. The number of benzene rings is 6. The molecule has 1 aromatic heterocycles. The third-order valence-corrected chi connectivity index (χ3v) is 10.7. The number of allylic oxidation sites excluding steroid dienone is 1. The fourth-order valence-electron chi connectivity index (χ4n) is 8.44. The van der Waals surface area contributed by atoms with Crippen molar-refractivity contribution in [2.75, 3.05) is 0 Å². The van der Waals surface area contributed by atoms with E-state index in [4.69, 9.17) is 4.74 Å². The van der Waals surface area contributed by atoms with Crippen LogP contribution in [0.5, 0.6) is 11.5 Å². The minimum atomic E-state index is 0.0800. The van der Waals surface area contributed by atoms with Crippen molar-refractivity contribution in [1.82, 2.24) is 4.57 Å². The largest absolute Gasteiger partial charge is 0.458 e. The fraction of sp³-hybridized carbons (Fsp3) is 0.111. The Kier molecular flexibility index (Phi) is 6.02. The van der Waals surface area contributed by atoms with Crippen LogP contribution < -0.4 is 21.1 Å². The first-order chi connectivity index (χ1) is 23.6. The summed E-state index contributed by atoms with van der Waals surface area (Å²) in [4.78, 5) is 0. The van der Waals surface area contributed by atoms with Crippen LogP contribution in [0, 0.1) is 13.8 Å². The molecule has 0 amide bonds. The highest BCUT2D eigenvalue weighted by Gasteiger charge is 2.41. The second kappa shape index (κ2) is 10.5. The molecular formula is C45H34BNO. The number of hydrogen-bond donors (Lipinski definition) is 0. The van der Waals surface area contributed by atoms with Crippen LogP contribution in [0.4, 0.5) is 0 Å². The lowest BCUT2D eigenvalue weighted by Gasteiger charge is -2.34. The van der Waals surface area contributed by atoms with Gasteiger partial charge in [0, 0.05) is 28.6 Å². The quantitative estimate of drug-likeness (QED) is 0.180. The van der Waals surface area contributed by atoms with Gasteiger partial charge < -0.3 is 9.30 Å². The first-order valence-corrected chi connectivity index (χ1v) is 17.1. The summed E-state index contributed by atoms with van der Waals surface area (Å²) in [5, 5.41) is 1.29. The molecule has 10 rings (SSSR count). The van der Waals surface area contributed by atoms with Crippen LogP contribution in [0.1, 0.15) is 39.8 Å². The Morgan fingerprint density at radius 1 is 0.729 bits per heavy atom. The first-order valence-electron chi connectivity index (χ1n) is 17.1. The number of ether oxygens (including phenoxy) is 1. The van der Waals surface area contributed by atoms with Crippen molar-refractivity contribution in [1.29, 1.82) is 0 Å². The molecule has 2 nitrogen and oxygen atoms in total. The second-order valence-electron chi connectivity index (χ2n) is 13.7. The van der Waals surface area contributed by atoms with Crippen molar-refractivity contribution in [2.45, 2.75) is 33.1 Å². The lowest BCUT2D eigenvalue weighted by Crippen LogP contribution is -2.58. The molecule has 0 saturated heterocycles. The van der Waals surface area contributed by atoms with Gasteiger partial charge >= 0.3 is 0 Å². The highest BCUT2D eigenvalue weighted by atomic mass is 16.5. The lowest BCUT2D eigenvalue weighted by atomic mass is 9.34. The number of aryl methyl sites for hydroxylation is 3. The van der Waals surface area contributed by atoms with Gasteiger partial charge in [0.25, 0.3) is 6.71 Å². The molecule has 7 aromatic rings. The Balaban J connectivity index is 1.22. The molecule has 1 aliphatic carbocycles. The molecule has 0 unspecified atom stereocenters. The van der Waals surface area contributed by atoms with Gasteiger partial charge in [-0.05, 0) is 88.6 Å². The predicted octanol–water partition coefficient (Wildman–Crippen LogP) is 9.07. The maximum atomic E-state index is 6.99. The Hall–Kier alpha value is -5.54. The minimum absolute atomic E-state index is 0.0800. The zero-order chi connectivity index (χ0) is 31.9. The van der Waals surface area contributed by atoms with E-state index >= 15 is 0 Å². The average molecular weight is 616 g/mol. The molecule has 0 N–H and O–H groups in total. The summed E-state index contributed by atoms with van der Waals surface area (Å²) in [5.41, 5.74) is 19.2. The molecule has 2 aliphatic heterocycles. The number of aromatic nitrogens is 1. The highest BCUT2D eigenvalue weighted by molar-refractivity contribution is 6.99. The summed E-state index contributed by atoms with van der Waals surface area (Å²) in [5.74, 6) is 1.97. The van der Waals surface area contributed by atoms with E-state index in [2.05, 4.69) is 152 Å². The summed E-state index contributed by atoms with van der Waals surface area (Å²) < 4.78 is 9.52. The lowest BCUT2D eigenvalue weighted by molar-refractivity contribution is 0.482. The van der Waals surface area contributed by atoms with Gasteiger partial charge in [0.05, 0.1) is 5.69 Å². The van der Waals surface area contributed by atoms with Crippen LogP contribution >= 0.6 is 0 Å². The molecule has 48 heavy (non-hydrogen) atoms.